The largest absolute Gasteiger partial charge is 0.313 e. The summed E-state index contributed by atoms with van der Waals surface area (Å²) in [6.45, 7) is 7.27. The molecule has 0 bridgehead atoms. The first-order valence-electron chi connectivity index (χ1n) is 8.28. The maximum Gasteiger partial charge on any atom is 0.170 e. The van der Waals surface area contributed by atoms with Crippen molar-refractivity contribution in [1.29, 1.82) is 0 Å². The molecular weight excluding hydrogens is 284 g/mol. The lowest BCUT2D eigenvalue weighted by Crippen LogP contribution is -2.31. The molecule has 2 aromatic carbocycles. The lowest BCUT2D eigenvalue weighted by atomic mass is 10.0. The first-order chi connectivity index (χ1) is 11.2. The standard InChI is InChI=1S/C21H24O2/c1-3-17-4-6-18(7-5-17)12-19-8-10-20(11-9-19)13-21-22-14-16(2)15-23-21/h4-11,21H,2-3,12-15H2,1H3. The van der Waals surface area contributed by atoms with E-state index in [4.69, 9.17) is 9.47 Å². The predicted molar refractivity (Wildman–Crippen MR) is 93.1 cm³/mol. The van der Waals surface area contributed by atoms with Gasteiger partial charge in [-0.2, -0.15) is 0 Å². The minimum atomic E-state index is -0.145. The van der Waals surface area contributed by atoms with Gasteiger partial charge in [-0.3, -0.25) is 0 Å². The summed E-state index contributed by atoms with van der Waals surface area (Å²) >= 11 is 0. The van der Waals surface area contributed by atoms with Gasteiger partial charge >= 0.3 is 0 Å². The van der Waals surface area contributed by atoms with Crippen LogP contribution < -0.4 is 0 Å². The van der Waals surface area contributed by atoms with Gasteiger partial charge in [0.05, 0.1) is 0 Å². The molecule has 3 rings (SSSR count). The predicted octanol–water partition coefficient (Wildman–Crippen LogP) is 4.16. The van der Waals surface area contributed by atoms with Crippen LogP contribution in [0.1, 0.15) is 29.2 Å². The maximum absolute atomic E-state index is 5.62. The molecule has 1 saturated heterocycles. The van der Waals surface area contributed by atoms with Gasteiger partial charge in [-0.05, 0) is 41.0 Å². The van der Waals surface area contributed by atoms with E-state index in [9.17, 15) is 0 Å². The van der Waals surface area contributed by atoms with Crippen molar-refractivity contribution < 1.29 is 9.47 Å². The molecule has 0 amide bonds. The minimum Gasteiger partial charge on any atom is -0.313 e. The average Bonchev–Trinajstić information content (AvgIpc) is 2.59. The van der Waals surface area contributed by atoms with Crippen LogP contribution in [-0.4, -0.2) is 19.5 Å². The Morgan fingerprint density at radius 3 is 1.87 bits per heavy atom. The summed E-state index contributed by atoms with van der Waals surface area (Å²) in [6.07, 6.45) is 2.71. The van der Waals surface area contributed by atoms with Gasteiger partial charge < -0.3 is 9.47 Å². The summed E-state index contributed by atoms with van der Waals surface area (Å²) in [5.74, 6) is 1.01. The molecule has 2 nitrogen and oxygen atoms in total. The van der Waals surface area contributed by atoms with Crippen LogP contribution in [0, 0.1) is 12.8 Å². The van der Waals surface area contributed by atoms with Gasteiger partial charge in [0.25, 0.3) is 0 Å². The van der Waals surface area contributed by atoms with Crippen molar-refractivity contribution >= 4 is 0 Å². The van der Waals surface area contributed by atoms with E-state index >= 15 is 0 Å². The summed E-state index contributed by atoms with van der Waals surface area (Å²) in [5, 5.41) is 0. The Hall–Kier alpha value is -1.77. The number of benzene rings is 2. The third kappa shape index (κ3) is 4.60. The smallest absolute Gasteiger partial charge is 0.170 e. The van der Waals surface area contributed by atoms with Crippen LogP contribution in [0.5, 0.6) is 0 Å². The third-order valence-electron chi connectivity index (χ3n) is 4.21. The Bertz CT molecular complexity index is 593. The van der Waals surface area contributed by atoms with Gasteiger partial charge in [-0.1, -0.05) is 55.5 Å². The number of hydrogen-bond donors (Lipinski definition) is 0. The van der Waals surface area contributed by atoms with Gasteiger partial charge in [0.15, 0.2) is 19.5 Å². The molecule has 1 fully saturated rings. The topological polar surface area (TPSA) is 18.5 Å². The van der Waals surface area contributed by atoms with Crippen molar-refractivity contribution in [2.45, 2.75) is 32.5 Å². The minimum absolute atomic E-state index is 0.145. The van der Waals surface area contributed by atoms with Gasteiger partial charge in [-0.25, -0.2) is 0 Å². The zero-order valence-corrected chi connectivity index (χ0v) is 13.8. The van der Waals surface area contributed by atoms with Crippen molar-refractivity contribution in [2.75, 3.05) is 13.2 Å². The van der Waals surface area contributed by atoms with Crippen LogP contribution in [-0.2, 0) is 28.7 Å². The van der Waals surface area contributed by atoms with Crippen LogP contribution in [0.2, 0.25) is 0 Å². The molecule has 0 spiro atoms. The van der Waals surface area contributed by atoms with E-state index in [0.717, 1.165) is 25.2 Å². The first-order valence-corrected chi connectivity index (χ1v) is 8.28. The Kier molecular flexibility index (Phi) is 5.37. The van der Waals surface area contributed by atoms with E-state index in [0.29, 0.717) is 13.2 Å². The molecule has 0 unspecified atom stereocenters. The summed E-state index contributed by atoms with van der Waals surface area (Å²) in [4.78, 5) is 0. The quantitative estimate of drug-likeness (QED) is 0.772. The number of ether oxygens (including phenoxy) is 2. The molecule has 0 N–H and O–H groups in total. The fourth-order valence-corrected chi connectivity index (χ4v) is 2.74. The molecular formula is C21H24O2. The Morgan fingerprint density at radius 1 is 0.870 bits per heavy atom. The molecule has 23 heavy (non-hydrogen) atoms. The van der Waals surface area contributed by atoms with E-state index in [1.165, 1.54) is 22.3 Å². The molecule has 1 aliphatic rings. The zero-order valence-electron chi connectivity index (χ0n) is 13.8. The third-order valence-corrected chi connectivity index (χ3v) is 4.21. The summed E-state index contributed by atoms with van der Waals surface area (Å²) < 4.78 is 11.2. The van der Waals surface area contributed by atoms with E-state index in [1.807, 2.05) is 0 Å². The second kappa shape index (κ2) is 7.67. The molecule has 0 aliphatic carbocycles. The van der Waals surface area contributed by atoms with Crippen LogP contribution >= 0.6 is 0 Å². The van der Waals surface area contributed by atoms with Crippen molar-refractivity contribution in [3.05, 3.63) is 83.6 Å². The molecule has 2 heteroatoms. The molecule has 1 aliphatic heterocycles. The van der Waals surface area contributed by atoms with Crippen molar-refractivity contribution in [2.24, 2.45) is 0 Å². The Balaban J connectivity index is 1.56. The highest BCUT2D eigenvalue weighted by atomic mass is 16.7. The number of hydrogen-bond acceptors (Lipinski definition) is 2. The summed E-state index contributed by atoms with van der Waals surface area (Å²) in [5.41, 5.74) is 5.32. The normalized spacial score (nSPS) is 15.8. The van der Waals surface area contributed by atoms with Crippen LogP contribution in [0.15, 0.2) is 48.5 Å². The molecule has 1 heterocycles. The lowest BCUT2D eigenvalue weighted by Gasteiger charge is -2.24. The lowest BCUT2D eigenvalue weighted by molar-refractivity contribution is -0.163. The zero-order chi connectivity index (χ0) is 16.1. The maximum atomic E-state index is 5.62. The van der Waals surface area contributed by atoms with E-state index < -0.39 is 0 Å². The second-order valence-corrected chi connectivity index (χ2v) is 6.17. The Morgan fingerprint density at radius 2 is 1.35 bits per heavy atom. The van der Waals surface area contributed by atoms with Gasteiger partial charge in [0.1, 0.15) is 0 Å². The highest BCUT2D eigenvalue weighted by Gasteiger charge is 2.22. The summed E-state index contributed by atoms with van der Waals surface area (Å²) in [7, 11) is 0. The fourth-order valence-electron chi connectivity index (χ4n) is 2.74. The Labute approximate surface area is 139 Å². The SMILES string of the molecule is [CH2-][C+]1COC(Cc2ccc(Cc3ccc(CC)cc3)cc2)OC1. The van der Waals surface area contributed by atoms with E-state index in [2.05, 4.69) is 62.4 Å². The fraction of sp³-hybridized carbons (Fsp3) is 0.333. The molecule has 0 radical (unpaired) electrons. The van der Waals surface area contributed by atoms with Crippen LogP contribution in [0.4, 0.5) is 0 Å². The van der Waals surface area contributed by atoms with Gasteiger partial charge in [0, 0.05) is 6.42 Å². The van der Waals surface area contributed by atoms with Gasteiger partial charge in [-0.15, -0.1) is 6.92 Å². The average molecular weight is 308 g/mol. The number of aryl methyl sites for hydroxylation is 1. The molecule has 0 atom stereocenters. The highest BCUT2D eigenvalue weighted by Crippen LogP contribution is 2.17. The molecule has 120 valence electrons. The molecule has 0 saturated carbocycles. The van der Waals surface area contributed by atoms with Crippen LogP contribution in [0.25, 0.3) is 0 Å². The van der Waals surface area contributed by atoms with Crippen molar-refractivity contribution in [3.63, 3.8) is 0 Å². The highest BCUT2D eigenvalue weighted by molar-refractivity contribution is 5.30. The van der Waals surface area contributed by atoms with Gasteiger partial charge in [0.2, 0.25) is 0 Å². The number of rotatable bonds is 5. The molecule has 0 aromatic heterocycles. The van der Waals surface area contributed by atoms with E-state index in [-0.39, 0.29) is 6.29 Å². The van der Waals surface area contributed by atoms with Crippen LogP contribution in [0.3, 0.4) is 0 Å². The second-order valence-electron chi connectivity index (χ2n) is 6.17. The molecule has 2 aromatic rings. The monoisotopic (exact) mass is 308 g/mol. The van der Waals surface area contributed by atoms with Crippen molar-refractivity contribution in [1.82, 2.24) is 0 Å². The van der Waals surface area contributed by atoms with E-state index in [1.54, 1.807) is 0 Å². The summed E-state index contributed by atoms with van der Waals surface area (Å²) in [6, 6.07) is 17.6. The first kappa shape index (κ1) is 16.1. The van der Waals surface area contributed by atoms with Crippen molar-refractivity contribution in [3.8, 4) is 0 Å².